The molecule has 0 aromatic heterocycles. The number of benzene rings is 4. The van der Waals surface area contributed by atoms with Crippen molar-refractivity contribution >= 4 is 23.2 Å². The van der Waals surface area contributed by atoms with Crippen LogP contribution in [0.3, 0.4) is 0 Å². The number of nitro groups is 1. The van der Waals surface area contributed by atoms with Crippen molar-refractivity contribution < 1.29 is 34.3 Å². The molecule has 2 saturated heterocycles. The third-order valence-corrected chi connectivity index (χ3v) is 10.2. The van der Waals surface area contributed by atoms with Gasteiger partial charge in [0.25, 0.3) is 5.69 Å². The number of unbranched alkanes of at least 4 members (excludes halogenated alkanes) is 2. The van der Waals surface area contributed by atoms with Gasteiger partial charge >= 0.3 is 0 Å². The maximum Gasteiger partial charge on any atom is 0.269 e. The number of aliphatic hydroxyl groups excluding tert-OH is 1. The molecule has 3 unspecified atom stereocenters. The van der Waals surface area contributed by atoms with Crippen LogP contribution in [0.1, 0.15) is 73.2 Å². The summed E-state index contributed by atoms with van der Waals surface area (Å²) in [6.45, 7) is 4.42. The monoisotopic (exact) mass is 751 g/mol. The molecule has 290 valence electrons. The van der Waals surface area contributed by atoms with Crippen molar-refractivity contribution in [3.63, 3.8) is 0 Å². The van der Waals surface area contributed by atoms with E-state index in [1.807, 2.05) is 66.7 Å². The van der Waals surface area contributed by atoms with Gasteiger partial charge in [-0.2, -0.15) is 0 Å². The number of hydroxylamine groups is 1. The number of nitrogens with zero attached hydrogens (tertiary/aromatic N) is 3. The predicted molar refractivity (Wildman–Crippen MR) is 207 cm³/mol. The van der Waals surface area contributed by atoms with Crippen molar-refractivity contribution in [1.82, 2.24) is 15.7 Å². The summed E-state index contributed by atoms with van der Waals surface area (Å²) in [6, 6.07) is 30.9. The Labute approximate surface area is 321 Å². The number of hydrogen-bond acceptors (Lipinski definition) is 10. The van der Waals surface area contributed by atoms with Crippen LogP contribution in [0, 0.1) is 10.1 Å². The maximum atomic E-state index is 12.4. The second-order valence-corrected chi connectivity index (χ2v) is 14.1. The highest BCUT2D eigenvalue weighted by Gasteiger charge is 2.34. The fourth-order valence-electron chi connectivity index (χ4n) is 7.08. The highest BCUT2D eigenvalue weighted by molar-refractivity contribution is 5.76. The van der Waals surface area contributed by atoms with Crippen LogP contribution in [-0.2, 0) is 32.2 Å². The summed E-state index contributed by atoms with van der Waals surface area (Å²) in [5.41, 5.74) is 8.51. The minimum absolute atomic E-state index is 0.0214. The molecule has 4 N–H and O–H groups in total. The summed E-state index contributed by atoms with van der Waals surface area (Å²) < 4.78 is 13.2. The van der Waals surface area contributed by atoms with Crippen molar-refractivity contribution in [2.45, 2.75) is 70.2 Å². The van der Waals surface area contributed by atoms with Crippen molar-refractivity contribution in [3.05, 3.63) is 129 Å². The fraction of sp³-hybridized carbons (Fsp3) is 0.381. The first kappa shape index (κ1) is 39.5. The smallest absolute Gasteiger partial charge is 0.269 e. The van der Waals surface area contributed by atoms with Gasteiger partial charge in [0.2, 0.25) is 11.8 Å². The number of hydrogen-bond donors (Lipinski definition) is 4. The lowest BCUT2D eigenvalue weighted by molar-refractivity contribution is -0.384. The zero-order chi connectivity index (χ0) is 38.6. The van der Waals surface area contributed by atoms with Crippen molar-refractivity contribution in [2.24, 2.45) is 0 Å². The molecule has 2 aliphatic rings. The Hall–Kier alpha value is -5.18. The summed E-state index contributed by atoms with van der Waals surface area (Å²) >= 11 is 0. The molecule has 0 bridgehead atoms. The van der Waals surface area contributed by atoms with E-state index >= 15 is 0 Å². The van der Waals surface area contributed by atoms with Crippen LogP contribution in [0.4, 0.5) is 11.4 Å². The van der Waals surface area contributed by atoms with Gasteiger partial charge in [0.05, 0.1) is 23.7 Å². The van der Waals surface area contributed by atoms with Crippen LogP contribution in [0.15, 0.2) is 97.1 Å². The fourth-order valence-corrected chi connectivity index (χ4v) is 7.08. The number of amides is 2. The van der Waals surface area contributed by atoms with Gasteiger partial charge in [0.15, 0.2) is 6.29 Å². The lowest BCUT2D eigenvalue weighted by Crippen LogP contribution is -2.49. The number of carbonyl (C=O) groups excluding carboxylic acids is 2. The molecule has 2 aliphatic heterocycles. The van der Waals surface area contributed by atoms with Gasteiger partial charge in [-0.05, 0) is 58.9 Å². The van der Waals surface area contributed by atoms with Crippen molar-refractivity contribution in [2.75, 3.05) is 37.6 Å². The van der Waals surface area contributed by atoms with Crippen molar-refractivity contribution in [1.29, 1.82) is 0 Å². The second kappa shape index (κ2) is 19.4. The normalized spacial score (nSPS) is 18.8. The van der Waals surface area contributed by atoms with Gasteiger partial charge < -0.3 is 24.8 Å². The minimum Gasteiger partial charge on any atom is -0.392 e. The Balaban J connectivity index is 1.06. The van der Waals surface area contributed by atoms with Crippen LogP contribution >= 0.6 is 0 Å². The van der Waals surface area contributed by atoms with E-state index in [9.17, 15) is 24.8 Å². The molecule has 13 heteroatoms. The van der Waals surface area contributed by atoms with E-state index in [2.05, 4.69) is 33.3 Å². The quantitative estimate of drug-likeness (QED) is 0.0449. The summed E-state index contributed by atoms with van der Waals surface area (Å²) in [6.07, 6.45) is 2.45. The van der Waals surface area contributed by atoms with E-state index in [0.717, 1.165) is 78.2 Å². The average Bonchev–Trinajstić information content (AvgIpc) is 3.23. The highest BCUT2D eigenvalue weighted by atomic mass is 16.7. The molecule has 0 saturated carbocycles. The van der Waals surface area contributed by atoms with E-state index in [-0.39, 0.29) is 41.8 Å². The number of anilines is 1. The first-order chi connectivity index (χ1) is 26.8. The molecule has 4 aromatic rings. The molecule has 4 aromatic carbocycles. The van der Waals surface area contributed by atoms with Crippen LogP contribution in [0.2, 0.25) is 0 Å². The molecule has 0 spiro atoms. The summed E-state index contributed by atoms with van der Waals surface area (Å²) in [4.78, 5) is 38.9. The SMILES string of the molecule is O=C(CCCCCC(=O)NCc1cccc(-c2ccc(C3OC(CN4CCN(c5ccc([N+](=O)[O-])cc5)CC4)CC(c4ccc(CO)cc4)O3)cc2)c1)NO. The maximum absolute atomic E-state index is 12.4. The lowest BCUT2D eigenvalue weighted by Gasteiger charge is -2.41. The molecule has 2 amide bonds. The highest BCUT2D eigenvalue weighted by Crippen LogP contribution is 2.39. The first-order valence-electron chi connectivity index (χ1n) is 18.9. The molecule has 2 fully saturated rings. The van der Waals surface area contributed by atoms with Gasteiger partial charge in [-0.3, -0.25) is 29.8 Å². The van der Waals surface area contributed by atoms with E-state index in [4.69, 9.17) is 14.7 Å². The first-order valence-corrected chi connectivity index (χ1v) is 18.9. The Morgan fingerprint density at radius 2 is 1.47 bits per heavy atom. The third kappa shape index (κ3) is 11.2. The van der Waals surface area contributed by atoms with E-state index in [1.165, 1.54) is 0 Å². The van der Waals surface area contributed by atoms with Crippen LogP contribution in [-0.4, -0.2) is 70.8 Å². The molecule has 0 radical (unpaired) electrons. The number of rotatable bonds is 16. The van der Waals surface area contributed by atoms with Gasteiger partial charge in [0.1, 0.15) is 0 Å². The summed E-state index contributed by atoms with van der Waals surface area (Å²) in [7, 11) is 0. The van der Waals surface area contributed by atoms with E-state index in [0.29, 0.717) is 32.2 Å². The second-order valence-electron chi connectivity index (χ2n) is 14.1. The molecule has 0 aliphatic carbocycles. The summed E-state index contributed by atoms with van der Waals surface area (Å²) in [5.74, 6) is -0.459. The number of ether oxygens (including phenoxy) is 2. The zero-order valence-corrected chi connectivity index (χ0v) is 30.8. The molecule has 55 heavy (non-hydrogen) atoms. The van der Waals surface area contributed by atoms with Crippen LogP contribution in [0.25, 0.3) is 11.1 Å². The number of non-ortho nitro benzene ring substituents is 1. The Morgan fingerprint density at radius 3 is 2.15 bits per heavy atom. The van der Waals surface area contributed by atoms with E-state index in [1.54, 1.807) is 17.6 Å². The number of piperazine rings is 1. The van der Waals surface area contributed by atoms with Gasteiger partial charge in [-0.15, -0.1) is 0 Å². The average molecular weight is 752 g/mol. The Morgan fingerprint density at radius 1 is 0.782 bits per heavy atom. The molecule has 2 heterocycles. The lowest BCUT2D eigenvalue weighted by atomic mass is 9.98. The number of nitrogens with one attached hydrogen (secondary N) is 2. The zero-order valence-electron chi connectivity index (χ0n) is 30.8. The number of nitro benzene ring substituents is 1. The predicted octanol–water partition coefficient (Wildman–Crippen LogP) is 6.19. The number of aliphatic hydroxyl groups is 1. The molecular weight excluding hydrogens is 702 g/mol. The largest absolute Gasteiger partial charge is 0.392 e. The Bertz CT molecular complexity index is 1860. The molecular formula is C42H49N5O8. The number of carbonyl (C=O) groups is 2. The minimum atomic E-state index is -0.579. The third-order valence-electron chi connectivity index (χ3n) is 10.2. The standard InChI is InChI=1S/C42H49N5O8/c48-29-30-9-11-33(12-10-30)39-26-38(28-45-21-23-46(24-22-45)36-17-19-37(20-18-36)47(52)53)54-42(55-39)34-15-13-32(14-16-34)35-6-4-5-31(25-35)27-43-40(49)7-2-1-3-8-41(50)44-51/h4-6,9-20,25,38-39,42,48,51H,1-3,7-8,21-24,26-29H2,(H,43,49)(H,44,50). The van der Waals surface area contributed by atoms with Crippen LogP contribution in [0.5, 0.6) is 0 Å². The van der Waals surface area contributed by atoms with E-state index < -0.39 is 12.2 Å². The molecule has 13 nitrogen and oxygen atoms in total. The molecule has 3 atom stereocenters. The Kier molecular flexibility index (Phi) is 14.0. The van der Waals surface area contributed by atoms with Gasteiger partial charge in [-0.25, -0.2) is 5.48 Å². The molecule has 6 rings (SSSR count). The van der Waals surface area contributed by atoms with Gasteiger partial charge in [-0.1, -0.05) is 73.2 Å². The topological polar surface area (TPSA) is 167 Å². The van der Waals surface area contributed by atoms with Gasteiger partial charge in [0, 0.05) is 81.9 Å². The van der Waals surface area contributed by atoms with Crippen molar-refractivity contribution in [3.8, 4) is 11.1 Å². The van der Waals surface area contributed by atoms with Crippen LogP contribution < -0.4 is 15.7 Å². The summed E-state index contributed by atoms with van der Waals surface area (Å²) in [5, 5.41) is 32.2.